The minimum atomic E-state index is -0.429. The molecule has 7 nitrogen and oxygen atoms in total. The molecule has 1 N–H and O–H groups in total. The van der Waals surface area contributed by atoms with Crippen LogP contribution in [-0.4, -0.2) is 60.9 Å². The zero-order valence-electron chi connectivity index (χ0n) is 18.2. The van der Waals surface area contributed by atoms with Gasteiger partial charge in [0.2, 0.25) is 5.91 Å². The number of hydrogen-bond acceptors (Lipinski definition) is 5. The molecule has 0 radical (unpaired) electrons. The number of rotatable bonds is 5. The number of aromatic nitrogens is 1. The zero-order valence-corrected chi connectivity index (χ0v) is 19.8. The molecule has 164 valence electrons. The van der Waals surface area contributed by atoms with Crippen molar-refractivity contribution >= 4 is 45.0 Å². The molecule has 2 heterocycles. The number of hydrogen-bond donors (Lipinski definition) is 1. The largest absolute Gasteiger partial charge is 0.464 e. The summed E-state index contributed by atoms with van der Waals surface area (Å²) >= 11 is 3.40. The molecule has 0 bridgehead atoms. The molecule has 1 aliphatic heterocycles. The van der Waals surface area contributed by atoms with E-state index < -0.39 is 5.97 Å². The maximum atomic E-state index is 11.8. The number of methoxy groups -OCH3 is 1. The Morgan fingerprint density at radius 2 is 1.97 bits per heavy atom. The van der Waals surface area contributed by atoms with Crippen LogP contribution in [0.2, 0.25) is 0 Å². The Bertz CT molecular complexity index is 901. The molecule has 0 aliphatic carbocycles. The van der Waals surface area contributed by atoms with Gasteiger partial charge in [0.1, 0.15) is 12.0 Å². The second kappa shape index (κ2) is 12.3. The van der Waals surface area contributed by atoms with Crippen molar-refractivity contribution in [1.82, 2.24) is 14.8 Å². The van der Waals surface area contributed by atoms with Crippen LogP contribution >= 0.6 is 15.9 Å². The van der Waals surface area contributed by atoms with E-state index in [0.29, 0.717) is 11.7 Å². The normalized spacial score (nSPS) is 12.7. The SMILES string of the molecule is C=CC(=O)N1CC(NC)C1.CC.COC(=O)c1c(C)c2cc(Br)ccc2n1CC=O. The Hall–Kier alpha value is -2.45. The Kier molecular flexibility index (Phi) is 10.5. The third-order valence-corrected chi connectivity index (χ3v) is 5.18. The first-order chi connectivity index (χ1) is 14.4. The van der Waals surface area contributed by atoms with E-state index in [9.17, 15) is 14.4 Å². The summed E-state index contributed by atoms with van der Waals surface area (Å²) in [7, 11) is 3.24. The van der Waals surface area contributed by atoms with Crippen molar-refractivity contribution in [1.29, 1.82) is 0 Å². The lowest BCUT2D eigenvalue weighted by atomic mass is 10.1. The molecule has 1 aliphatic rings. The molecule has 0 saturated carbocycles. The summed E-state index contributed by atoms with van der Waals surface area (Å²) in [4.78, 5) is 35.2. The topological polar surface area (TPSA) is 80.6 Å². The maximum absolute atomic E-state index is 11.8. The van der Waals surface area contributed by atoms with Gasteiger partial charge in [0.25, 0.3) is 0 Å². The fourth-order valence-electron chi connectivity index (χ4n) is 3.09. The van der Waals surface area contributed by atoms with Crippen LogP contribution in [0.1, 0.15) is 29.9 Å². The standard InChI is InChI=1S/C13H12BrNO3.C7H12N2O.C2H6/c1-8-10-7-9(14)3-4-11(10)15(5-6-16)12(8)13(17)18-2;1-3-7(10)9-4-6(5-9)8-2;1-2/h3-4,6-7H,5H2,1-2H3;3,6,8H,1,4-5H2,2H3;1-2H3. The van der Waals surface area contributed by atoms with Gasteiger partial charge in [0.05, 0.1) is 13.7 Å². The minimum absolute atomic E-state index is 0.0338. The third kappa shape index (κ3) is 5.79. The van der Waals surface area contributed by atoms with Gasteiger partial charge in [-0.05, 0) is 43.8 Å². The summed E-state index contributed by atoms with van der Waals surface area (Å²) in [5.41, 5.74) is 2.10. The number of fused-ring (bicyclic) bond motifs is 1. The van der Waals surface area contributed by atoms with E-state index in [1.807, 2.05) is 46.0 Å². The summed E-state index contributed by atoms with van der Waals surface area (Å²) in [5, 5.41) is 4.02. The van der Waals surface area contributed by atoms with Crippen molar-refractivity contribution in [2.45, 2.75) is 33.4 Å². The quantitative estimate of drug-likeness (QED) is 0.404. The number of aldehydes is 1. The van der Waals surface area contributed by atoms with E-state index in [-0.39, 0.29) is 12.5 Å². The lowest BCUT2D eigenvalue weighted by Gasteiger charge is -2.38. The van der Waals surface area contributed by atoms with E-state index in [1.165, 1.54) is 13.2 Å². The van der Waals surface area contributed by atoms with Gasteiger partial charge in [0.15, 0.2) is 0 Å². The van der Waals surface area contributed by atoms with Crippen molar-refractivity contribution in [3.63, 3.8) is 0 Å². The number of benzene rings is 1. The van der Waals surface area contributed by atoms with Crippen molar-refractivity contribution in [3.05, 3.63) is 46.6 Å². The number of halogens is 1. The van der Waals surface area contributed by atoms with Gasteiger partial charge in [-0.15, -0.1) is 0 Å². The molecular formula is C22H30BrN3O4. The number of nitrogens with one attached hydrogen (secondary N) is 1. The number of ether oxygens (including phenoxy) is 1. The first kappa shape index (κ1) is 25.6. The fourth-order valence-corrected chi connectivity index (χ4v) is 3.45. The monoisotopic (exact) mass is 479 g/mol. The zero-order chi connectivity index (χ0) is 22.8. The molecule has 0 unspecified atom stereocenters. The van der Waals surface area contributed by atoms with E-state index in [4.69, 9.17) is 4.74 Å². The second-order valence-corrected chi connectivity index (χ2v) is 7.25. The van der Waals surface area contributed by atoms with Crippen LogP contribution in [0.25, 0.3) is 10.9 Å². The summed E-state index contributed by atoms with van der Waals surface area (Å²) in [5.74, 6) is -0.395. The molecule has 1 aromatic carbocycles. The summed E-state index contributed by atoms with van der Waals surface area (Å²) in [6.45, 7) is 11.0. The summed E-state index contributed by atoms with van der Waals surface area (Å²) in [6, 6.07) is 6.18. The average molecular weight is 480 g/mol. The number of carbonyl (C=O) groups is 3. The lowest BCUT2D eigenvalue weighted by molar-refractivity contribution is -0.130. The Morgan fingerprint density at radius 3 is 2.47 bits per heavy atom. The lowest BCUT2D eigenvalue weighted by Crippen LogP contribution is -2.58. The van der Waals surface area contributed by atoms with E-state index in [0.717, 1.165) is 40.3 Å². The van der Waals surface area contributed by atoms with Gasteiger partial charge in [-0.3, -0.25) is 4.79 Å². The fraction of sp³-hybridized carbons (Fsp3) is 0.409. The minimum Gasteiger partial charge on any atom is -0.464 e. The van der Waals surface area contributed by atoms with Gasteiger partial charge in [0, 0.05) is 34.5 Å². The van der Waals surface area contributed by atoms with Crippen molar-refractivity contribution in [2.75, 3.05) is 27.2 Å². The number of likely N-dealkylation sites (tertiary alicyclic amines) is 1. The predicted molar refractivity (Wildman–Crippen MR) is 123 cm³/mol. The number of esters is 1. The highest BCUT2D eigenvalue weighted by Crippen LogP contribution is 2.28. The van der Waals surface area contributed by atoms with Gasteiger partial charge in [-0.1, -0.05) is 36.4 Å². The average Bonchev–Trinajstić information content (AvgIpc) is 3.00. The van der Waals surface area contributed by atoms with E-state index in [2.05, 4.69) is 27.8 Å². The van der Waals surface area contributed by atoms with Crippen LogP contribution in [0.4, 0.5) is 0 Å². The molecule has 8 heteroatoms. The molecule has 0 atom stereocenters. The Labute approximate surface area is 186 Å². The molecular weight excluding hydrogens is 450 g/mol. The van der Waals surface area contributed by atoms with Crippen LogP contribution in [0.3, 0.4) is 0 Å². The maximum Gasteiger partial charge on any atom is 0.354 e. The number of aryl methyl sites for hydroxylation is 1. The smallest absolute Gasteiger partial charge is 0.354 e. The second-order valence-electron chi connectivity index (χ2n) is 6.34. The van der Waals surface area contributed by atoms with Crippen molar-refractivity contribution in [3.8, 4) is 0 Å². The first-order valence-corrected chi connectivity index (χ1v) is 10.6. The molecule has 1 amide bonds. The van der Waals surface area contributed by atoms with Gasteiger partial charge >= 0.3 is 5.97 Å². The van der Waals surface area contributed by atoms with E-state index >= 15 is 0 Å². The van der Waals surface area contributed by atoms with Crippen molar-refractivity contribution in [2.24, 2.45) is 0 Å². The van der Waals surface area contributed by atoms with Gasteiger partial charge < -0.3 is 24.3 Å². The van der Waals surface area contributed by atoms with Crippen LogP contribution in [0, 0.1) is 6.92 Å². The van der Waals surface area contributed by atoms with Crippen LogP contribution in [0.15, 0.2) is 35.3 Å². The molecule has 0 spiro atoms. The molecule has 1 saturated heterocycles. The molecule has 30 heavy (non-hydrogen) atoms. The third-order valence-electron chi connectivity index (χ3n) is 4.69. The van der Waals surface area contributed by atoms with Gasteiger partial charge in [-0.2, -0.15) is 0 Å². The van der Waals surface area contributed by atoms with Gasteiger partial charge in [-0.25, -0.2) is 4.79 Å². The number of likely N-dealkylation sites (N-methyl/N-ethyl adjacent to an activating group) is 1. The number of carbonyl (C=O) groups excluding carboxylic acids is 3. The highest BCUT2D eigenvalue weighted by Gasteiger charge is 2.27. The number of nitrogens with zero attached hydrogens (tertiary/aromatic N) is 2. The molecule has 1 aromatic heterocycles. The Morgan fingerprint density at radius 1 is 1.33 bits per heavy atom. The van der Waals surface area contributed by atoms with Crippen LogP contribution in [-0.2, 0) is 20.9 Å². The highest BCUT2D eigenvalue weighted by atomic mass is 79.9. The summed E-state index contributed by atoms with van der Waals surface area (Å²) < 4.78 is 7.38. The van der Waals surface area contributed by atoms with Crippen LogP contribution < -0.4 is 5.32 Å². The van der Waals surface area contributed by atoms with E-state index in [1.54, 1.807) is 9.47 Å². The predicted octanol–water partition coefficient (Wildman–Crippen LogP) is 3.33. The number of amides is 1. The Balaban J connectivity index is 0.000000318. The highest BCUT2D eigenvalue weighted by molar-refractivity contribution is 9.10. The molecule has 3 rings (SSSR count). The van der Waals surface area contributed by atoms with Crippen molar-refractivity contribution < 1.29 is 19.1 Å². The molecule has 2 aromatic rings. The summed E-state index contributed by atoms with van der Waals surface area (Å²) in [6.07, 6.45) is 2.12. The first-order valence-electron chi connectivity index (χ1n) is 9.76. The van der Waals surface area contributed by atoms with Crippen LogP contribution in [0.5, 0.6) is 0 Å². The molecule has 1 fully saturated rings.